The minimum absolute atomic E-state index is 0. The predicted molar refractivity (Wildman–Crippen MR) is 288 cm³/mol. The fraction of sp³-hybridized carbons (Fsp3) is 0.0303. The van der Waals surface area contributed by atoms with Gasteiger partial charge in [-0.05, 0) is 111 Å². The van der Waals surface area contributed by atoms with E-state index in [2.05, 4.69) is 91.0 Å². The monoisotopic (exact) mass is 952 g/mol. The third-order valence-corrected chi connectivity index (χ3v) is 14.3. The first kappa shape index (κ1) is 46.8. The van der Waals surface area contributed by atoms with Crippen molar-refractivity contribution >= 4 is 110 Å². The summed E-state index contributed by atoms with van der Waals surface area (Å²) in [4.78, 5) is 50.2. The van der Waals surface area contributed by atoms with E-state index in [0.29, 0.717) is 24.0 Å². The van der Waals surface area contributed by atoms with Gasteiger partial charge in [-0.25, -0.2) is 0 Å². The van der Waals surface area contributed by atoms with Crippen LogP contribution in [0.2, 0.25) is 0 Å². The molecule has 0 radical (unpaired) electrons. The van der Waals surface area contributed by atoms with Gasteiger partial charge in [0.1, 0.15) is 5.78 Å². The normalized spacial score (nSPS) is 13.2. The number of Topliss-reactive ketones (excluding diaryl/α,β-unsaturated/α-hetero) is 4. The van der Waals surface area contributed by atoms with Crippen LogP contribution in [0.15, 0.2) is 218 Å². The summed E-state index contributed by atoms with van der Waals surface area (Å²) in [6.07, 6.45) is 1.05. The zero-order chi connectivity index (χ0) is 47.0. The Kier molecular flexibility index (Phi) is 12.3. The van der Waals surface area contributed by atoms with Crippen LogP contribution in [0, 0.1) is 0 Å². The fourth-order valence-corrected chi connectivity index (χ4v) is 11.3. The summed E-state index contributed by atoms with van der Waals surface area (Å²) in [7, 11) is 0. The number of carbonyl (C=O) groups excluding carboxylic acids is 4. The van der Waals surface area contributed by atoms with Crippen LogP contribution < -0.4 is 51.4 Å². The molecule has 0 spiro atoms. The van der Waals surface area contributed by atoms with Crippen molar-refractivity contribution in [3.05, 3.63) is 263 Å². The van der Waals surface area contributed by atoms with Gasteiger partial charge < -0.3 is 5.48 Å². The van der Waals surface area contributed by atoms with Gasteiger partial charge in [0.2, 0.25) is 11.6 Å². The molecule has 3 aliphatic rings. The van der Waals surface area contributed by atoms with Crippen LogP contribution in [-0.4, -0.2) is 28.6 Å². The maximum atomic E-state index is 14.1. The minimum atomic E-state index is -0.377. The van der Waals surface area contributed by atoms with Gasteiger partial charge >= 0.3 is 51.4 Å². The van der Waals surface area contributed by atoms with Gasteiger partial charge in [-0.3, -0.25) is 19.2 Å². The van der Waals surface area contributed by atoms with Gasteiger partial charge in [-0.15, -0.1) is 0 Å². The second-order valence-corrected chi connectivity index (χ2v) is 18.4. The molecule has 12 aromatic rings. The summed E-state index contributed by atoms with van der Waals surface area (Å²) in [5.74, 6) is -0.375. The second-order valence-electron chi connectivity index (χ2n) is 18.4. The summed E-state index contributed by atoms with van der Waals surface area (Å²) in [6.45, 7) is 0. The van der Waals surface area contributed by atoms with Gasteiger partial charge in [0.15, 0.2) is 5.78 Å². The van der Waals surface area contributed by atoms with Crippen molar-refractivity contribution in [3.63, 3.8) is 0 Å². The molecule has 0 atom stereocenters. The van der Waals surface area contributed by atoms with E-state index in [1.165, 1.54) is 43.4 Å². The molecule has 0 bridgehead atoms. The number of rotatable bonds is 6. The van der Waals surface area contributed by atoms with Gasteiger partial charge in [0.05, 0.1) is 0 Å². The predicted octanol–water partition coefficient (Wildman–Crippen LogP) is 11.8. The largest absolute Gasteiger partial charge is 1.00 e. The summed E-state index contributed by atoms with van der Waals surface area (Å²) in [6, 6.07) is 73.5. The topological polar surface area (TPSA) is 98.3 Å². The van der Waals surface area contributed by atoms with Crippen LogP contribution in [0.5, 0.6) is 0 Å². The molecule has 6 heteroatoms. The molecule has 0 fully saturated rings. The van der Waals surface area contributed by atoms with E-state index < -0.39 is 0 Å². The number of benzene rings is 12. The number of hydrogen-bond donors (Lipinski definition) is 0. The minimum Gasteiger partial charge on any atom is -0.870 e. The molecule has 0 saturated heterocycles. The average Bonchev–Trinajstić information content (AvgIpc) is 3.98. The van der Waals surface area contributed by atoms with Crippen molar-refractivity contribution in [2.24, 2.45) is 0 Å². The SMILES string of the molecule is O=C(Cc1ccccc1)Cc1ccccc1.O=C1C(=O)c2cc3cccc4ccc5ccc1c2c5c43.O=C1C(c2ccccc2)=C2C(=C1c1ccccc1)c1cc3cccc4ccc5ccc2c1c5c43.[K+].[OH-]. The van der Waals surface area contributed by atoms with E-state index in [4.69, 9.17) is 0 Å². The fourth-order valence-electron chi connectivity index (χ4n) is 11.3. The molecule has 0 heterocycles. The first-order valence-corrected chi connectivity index (χ1v) is 23.7. The van der Waals surface area contributed by atoms with Crippen LogP contribution >= 0.6 is 0 Å². The van der Waals surface area contributed by atoms with Crippen molar-refractivity contribution in [2.75, 3.05) is 0 Å². The Morgan fingerprint density at radius 3 is 1.14 bits per heavy atom. The summed E-state index contributed by atoms with van der Waals surface area (Å²) in [5, 5.41) is 13.9. The van der Waals surface area contributed by atoms with Crippen molar-refractivity contribution in [1.29, 1.82) is 0 Å². The third kappa shape index (κ3) is 7.58. The van der Waals surface area contributed by atoms with Gasteiger partial charge in [-0.1, -0.05) is 200 Å². The summed E-state index contributed by atoms with van der Waals surface area (Å²) >= 11 is 0. The van der Waals surface area contributed by atoms with Gasteiger partial charge in [-0.2, -0.15) is 0 Å². The number of allylic oxidation sites excluding steroid dienone is 4. The molecular weight excluding hydrogens is 912 g/mol. The molecule has 15 rings (SSSR count). The quantitative estimate of drug-likeness (QED) is 0.0939. The van der Waals surface area contributed by atoms with E-state index in [9.17, 15) is 19.2 Å². The Balaban J connectivity index is 0.000000126. The molecule has 5 nitrogen and oxygen atoms in total. The summed E-state index contributed by atoms with van der Waals surface area (Å²) < 4.78 is 0. The first-order chi connectivity index (χ1) is 34.4. The van der Waals surface area contributed by atoms with Crippen LogP contribution in [0.25, 0.3) is 86.9 Å². The number of ketones is 4. The Morgan fingerprint density at radius 2 is 0.653 bits per heavy atom. The molecule has 0 unspecified atom stereocenters. The zero-order valence-electron chi connectivity index (χ0n) is 39.3. The van der Waals surface area contributed by atoms with Crippen LogP contribution in [-0.2, 0) is 22.4 Å². The van der Waals surface area contributed by atoms with Gasteiger partial charge in [0, 0.05) is 51.6 Å². The Hall–Kier alpha value is -7.52. The zero-order valence-corrected chi connectivity index (χ0v) is 42.4. The third-order valence-electron chi connectivity index (χ3n) is 14.3. The van der Waals surface area contributed by atoms with E-state index in [-0.39, 0.29) is 80.0 Å². The number of fused-ring (bicyclic) bond motifs is 3. The Labute approximate surface area is 457 Å². The van der Waals surface area contributed by atoms with E-state index >= 15 is 0 Å². The Morgan fingerprint density at radius 1 is 0.292 bits per heavy atom. The van der Waals surface area contributed by atoms with Gasteiger partial charge in [0.25, 0.3) is 0 Å². The molecule has 72 heavy (non-hydrogen) atoms. The molecular formula is C66H41KO5. The Bertz CT molecular complexity index is 4170. The smallest absolute Gasteiger partial charge is 0.870 e. The summed E-state index contributed by atoms with van der Waals surface area (Å²) in [5.41, 5.74) is 11.4. The molecule has 0 saturated carbocycles. The maximum absolute atomic E-state index is 14.1. The van der Waals surface area contributed by atoms with Crippen molar-refractivity contribution in [2.45, 2.75) is 12.8 Å². The van der Waals surface area contributed by atoms with Crippen LogP contribution in [0.3, 0.4) is 0 Å². The van der Waals surface area contributed by atoms with Crippen LogP contribution in [0.1, 0.15) is 54.1 Å². The van der Waals surface area contributed by atoms with E-state index in [1.807, 2.05) is 121 Å². The van der Waals surface area contributed by atoms with Crippen molar-refractivity contribution in [3.8, 4) is 0 Å². The van der Waals surface area contributed by atoms with Crippen molar-refractivity contribution in [1.82, 2.24) is 0 Å². The van der Waals surface area contributed by atoms with E-state index in [1.54, 1.807) is 6.07 Å². The average molecular weight is 953 g/mol. The molecule has 12 aromatic carbocycles. The van der Waals surface area contributed by atoms with Crippen molar-refractivity contribution < 1.29 is 76.0 Å². The number of carbonyl (C=O) groups is 4. The molecule has 1 N–H and O–H groups in total. The second kappa shape index (κ2) is 18.9. The first-order valence-electron chi connectivity index (χ1n) is 23.7. The standard InChI is InChI=1S/C33H18O.C18H8O2.C15H14O.K.H2O/c34-33-28(19-8-3-1-4-9-19)31-24-17-16-22-15-14-21-12-7-13-23-18-25(30(24)27(22)26(21)23)32(31)29(33)20-10-5-2-6-11-20;19-17-12-7-6-10-5-4-9-2-1-3-11-8-13(18(17)20)16(12)15(10)14(9)11;16-15(11-13-7-3-1-4-8-13)12-14-9-5-2-6-10-14;;/h1-18H;1-8H;1-10H,11-12H2;;1H2/q;;;+1;/p-1. The molecule has 0 aliphatic heterocycles. The molecule has 3 aliphatic carbocycles. The molecule has 0 amide bonds. The van der Waals surface area contributed by atoms with Crippen LogP contribution in [0.4, 0.5) is 0 Å². The van der Waals surface area contributed by atoms with E-state index in [0.717, 1.165) is 76.9 Å². The number of hydrogen-bond acceptors (Lipinski definition) is 5. The molecule has 0 aromatic heterocycles. The maximum Gasteiger partial charge on any atom is 1.00 e. The molecule has 336 valence electrons.